The molecule has 3 fully saturated rings. The fourth-order valence-electron chi connectivity index (χ4n) is 3.70. The quantitative estimate of drug-likeness (QED) is 0.797. The summed E-state index contributed by atoms with van der Waals surface area (Å²) in [6, 6.07) is 0.503. The highest BCUT2D eigenvalue weighted by Gasteiger charge is 2.59. The standard InChI is InChI=1S/C14H24N2O/c1-3-12-15-14(7-8-14)13(17)16(12)11-6-4-5-10(2)9-11/h10-12,15H,3-9H2,1-2H3. The van der Waals surface area contributed by atoms with Crippen molar-refractivity contribution in [2.24, 2.45) is 5.92 Å². The van der Waals surface area contributed by atoms with Gasteiger partial charge in [-0.2, -0.15) is 0 Å². The van der Waals surface area contributed by atoms with Gasteiger partial charge in [0.15, 0.2) is 0 Å². The van der Waals surface area contributed by atoms with Gasteiger partial charge in [-0.05, 0) is 38.0 Å². The molecule has 1 heterocycles. The Labute approximate surface area is 104 Å². The van der Waals surface area contributed by atoms with E-state index in [-0.39, 0.29) is 5.54 Å². The van der Waals surface area contributed by atoms with Gasteiger partial charge in [0.1, 0.15) is 0 Å². The highest BCUT2D eigenvalue weighted by Crippen LogP contribution is 2.44. The Bertz CT molecular complexity index is 324. The molecule has 3 heteroatoms. The smallest absolute Gasteiger partial charge is 0.244 e. The second-order valence-corrected chi connectivity index (χ2v) is 6.29. The van der Waals surface area contributed by atoms with Crippen molar-refractivity contribution in [3.63, 3.8) is 0 Å². The van der Waals surface area contributed by atoms with Crippen LogP contribution in [0.25, 0.3) is 0 Å². The molecule has 17 heavy (non-hydrogen) atoms. The van der Waals surface area contributed by atoms with Crippen LogP contribution in [0.3, 0.4) is 0 Å². The maximum absolute atomic E-state index is 12.5. The van der Waals surface area contributed by atoms with E-state index < -0.39 is 0 Å². The van der Waals surface area contributed by atoms with E-state index in [9.17, 15) is 4.79 Å². The maximum Gasteiger partial charge on any atom is 0.244 e. The van der Waals surface area contributed by atoms with E-state index in [1.165, 1.54) is 25.7 Å². The van der Waals surface area contributed by atoms with E-state index in [1.807, 2.05) is 0 Å². The lowest BCUT2D eigenvalue weighted by Gasteiger charge is -2.37. The Kier molecular flexibility index (Phi) is 2.69. The minimum Gasteiger partial charge on any atom is -0.323 e. The summed E-state index contributed by atoms with van der Waals surface area (Å²) in [6.07, 6.45) is 8.51. The average molecular weight is 236 g/mol. The summed E-state index contributed by atoms with van der Waals surface area (Å²) in [7, 11) is 0. The second-order valence-electron chi connectivity index (χ2n) is 6.29. The fraction of sp³-hybridized carbons (Fsp3) is 0.929. The number of carbonyl (C=O) groups excluding carboxylic acids is 1. The van der Waals surface area contributed by atoms with Crippen LogP contribution in [0.5, 0.6) is 0 Å². The van der Waals surface area contributed by atoms with E-state index in [0.29, 0.717) is 18.1 Å². The highest BCUT2D eigenvalue weighted by atomic mass is 16.2. The van der Waals surface area contributed by atoms with Gasteiger partial charge in [-0.3, -0.25) is 10.1 Å². The van der Waals surface area contributed by atoms with E-state index >= 15 is 0 Å². The zero-order chi connectivity index (χ0) is 12.0. The van der Waals surface area contributed by atoms with Crippen molar-refractivity contribution in [1.82, 2.24) is 10.2 Å². The van der Waals surface area contributed by atoms with Gasteiger partial charge < -0.3 is 4.90 Å². The first-order valence-electron chi connectivity index (χ1n) is 7.27. The molecule has 2 aliphatic carbocycles. The molecule has 1 aliphatic heterocycles. The lowest BCUT2D eigenvalue weighted by Crippen LogP contribution is -2.46. The van der Waals surface area contributed by atoms with E-state index in [1.54, 1.807) is 0 Å². The molecule has 1 amide bonds. The number of carbonyl (C=O) groups is 1. The van der Waals surface area contributed by atoms with Gasteiger partial charge in [-0.15, -0.1) is 0 Å². The lowest BCUT2D eigenvalue weighted by molar-refractivity contribution is -0.134. The number of amides is 1. The largest absolute Gasteiger partial charge is 0.323 e. The summed E-state index contributed by atoms with van der Waals surface area (Å²) in [4.78, 5) is 14.7. The fourth-order valence-corrected chi connectivity index (χ4v) is 3.70. The van der Waals surface area contributed by atoms with Gasteiger partial charge in [0, 0.05) is 6.04 Å². The molecule has 3 rings (SSSR count). The first kappa shape index (κ1) is 11.5. The molecule has 0 bridgehead atoms. The van der Waals surface area contributed by atoms with Crippen molar-refractivity contribution < 1.29 is 4.79 Å². The van der Waals surface area contributed by atoms with Crippen molar-refractivity contribution in [1.29, 1.82) is 0 Å². The molecule has 0 aromatic heterocycles. The average Bonchev–Trinajstić information content (AvgIpc) is 3.02. The van der Waals surface area contributed by atoms with Gasteiger partial charge in [-0.25, -0.2) is 0 Å². The topological polar surface area (TPSA) is 32.3 Å². The summed E-state index contributed by atoms with van der Waals surface area (Å²) >= 11 is 0. The van der Waals surface area contributed by atoms with Gasteiger partial charge in [0.05, 0.1) is 11.7 Å². The predicted octanol–water partition coefficient (Wildman–Crippen LogP) is 2.27. The summed E-state index contributed by atoms with van der Waals surface area (Å²) < 4.78 is 0. The third-order valence-corrected chi connectivity index (χ3v) is 4.86. The van der Waals surface area contributed by atoms with Crippen molar-refractivity contribution in [2.45, 2.75) is 76.5 Å². The van der Waals surface area contributed by atoms with Gasteiger partial charge in [0.2, 0.25) is 5.91 Å². The molecule has 0 aromatic carbocycles. The number of hydrogen-bond donors (Lipinski definition) is 1. The molecule has 96 valence electrons. The molecule has 1 N–H and O–H groups in total. The minimum absolute atomic E-state index is 0.124. The van der Waals surface area contributed by atoms with Crippen LogP contribution in [0.2, 0.25) is 0 Å². The molecule has 0 radical (unpaired) electrons. The third-order valence-electron chi connectivity index (χ3n) is 4.86. The van der Waals surface area contributed by atoms with Crippen molar-refractivity contribution in [3.05, 3.63) is 0 Å². The van der Waals surface area contributed by atoms with Crippen LogP contribution in [-0.4, -0.2) is 28.6 Å². The monoisotopic (exact) mass is 236 g/mol. The number of rotatable bonds is 2. The van der Waals surface area contributed by atoms with Gasteiger partial charge in [0.25, 0.3) is 0 Å². The summed E-state index contributed by atoms with van der Waals surface area (Å²) in [5, 5.41) is 3.58. The van der Waals surface area contributed by atoms with E-state index in [4.69, 9.17) is 0 Å². The van der Waals surface area contributed by atoms with E-state index in [2.05, 4.69) is 24.1 Å². The van der Waals surface area contributed by atoms with Crippen LogP contribution in [0.4, 0.5) is 0 Å². The molecule has 3 atom stereocenters. The molecule has 0 aromatic rings. The number of hydrogen-bond acceptors (Lipinski definition) is 2. The van der Waals surface area contributed by atoms with Crippen LogP contribution in [0.15, 0.2) is 0 Å². The Morgan fingerprint density at radius 3 is 2.76 bits per heavy atom. The van der Waals surface area contributed by atoms with Crippen LogP contribution in [-0.2, 0) is 4.79 Å². The molecular weight excluding hydrogens is 212 g/mol. The third kappa shape index (κ3) is 1.79. The van der Waals surface area contributed by atoms with Gasteiger partial charge >= 0.3 is 0 Å². The predicted molar refractivity (Wildman–Crippen MR) is 67.4 cm³/mol. The summed E-state index contributed by atoms with van der Waals surface area (Å²) in [6.45, 7) is 4.51. The Morgan fingerprint density at radius 1 is 1.41 bits per heavy atom. The van der Waals surface area contributed by atoms with Crippen LogP contribution < -0.4 is 5.32 Å². The maximum atomic E-state index is 12.5. The van der Waals surface area contributed by atoms with Crippen LogP contribution in [0, 0.1) is 5.92 Å². The van der Waals surface area contributed by atoms with Crippen LogP contribution in [0.1, 0.15) is 58.8 Å². The Morgan fingerprint density at radius 2 is 2.18 bits per heavy atom. The SMILES string of the molecule is CCC1NC2(CC2)C(=O)N1C1CCCC(C)C1. The van der Waals surface area contributed by atoms with Crippen molar-refractivity contribution in [3.8, 4) is 0 Å². The number of nitrogens with one attached hydrogen (secondary N) is 1. The Hall–Kier alpha value is -0.570. The zero-order valence-electron chi connectivity index (χ0n) is 11.0. The first-order valence-corrected chi connectivity index (χ1v) is 7.27. The zero-order valence-corrected chi connectivity index (χ0v) is 11.0. The van der Waals surface area contributed by atoms with Crippen molar-refractivity contribution >= 4 is 5.91 Å². The van der Waals surface area contributed by atoms with Crippen LogP contribution >= 0.6 is 0 Å². The van der Waals surface area contributed by atoms with Gasteiger partial charge in [-0.1, -0.05) is 26.7 Å². The molecule has 3 aliphatic rings. The summed E-state index contributed by atoms with van der Waals surface area (Å²) in [5.74, 6) is 1.19. The van der Waals surface area contributed by atoms with E-state index in [0.717, 1.165) is 25.2 Å². The first-order chi connectivity index (χ1) is 8.16. The normalized spacial score (nSPS) is 40.0. The molecule has 1 saturated heterocycles. The molecule has 3 unspecified atom stereocenters. The summed E-state index contributed by atoms with van der Waals surface area (Å²) in [5.41, 5.74) is -0.124. The molecular formula is C14H24N2O. The Balaban J connectivity index is 1.78. The molecule has 2 saturated carbocycles. The molecule has 3 nitrogen and oxygen atoms in total. The lowest BCUT2D eigenvalue weighted by atomic mass is 9.86. The second kappa shape index (κ2) is 3.98. The minimum atomic E-state index is -0.124. The van der Waals surface area contributed by atoms with Crippen molar-refractivity contribution in [2.75, 3.05) is 0 Å². The molecule has 1 spiro atoms. The highest BCUT2D eigenvalue weighted by molar-refractivity contribution is 5.92. The number of nitrogens with zero attached hydrogens (tertiary/aromatic N) is 1.